The number of aryl methyl sites for hydroxylation is 1. The standard InChI is InChI=1S/C24H26N6O/c1-17-6-5-9-19(14-17)20-15-24(16-20)10-12-30(13-11-24)23(31)25-22-28-26-21(27-29-22)18-7-3-2-4-8-18/h2-9,14,20H,10-13,15-16H2,1H3,(H,25,28,29,31). The van der Waals surface area contributed by atoms with Crippen LogP contribution in [0.15, 0.2) is 54.6 Å². The first-order valence-corrected chi connectivity index (χ1v) is 10.9. The first-order chi connectivity index (χ1) is 15.1. The first-order valence-electron chi connectivity index (χ1n) is 10.9. The van der Waals surface area contributed by atoms with Gasteiger partial charge in [-0.15, -0.1) is 20.4 Å². The molecule has 0 atom stereocenters. The number of hydrogen-bond donors (Lipinski definition) is 1. The van der Waals surface area contributed by atoms with Crippen LogP contribution in [0.1, 0.15) is 42.7 Å². The maximum absolute atomic E-state index is 12.6. The molecule has 7 heteroatoms. The fourth-order valence-electron chi connectivity index (χ4n) is 4.89. The van der Waals surface area contributed by atoms with Gasteiger partial charge in [-0.3, -0.25) is 5.32 Å². The third-order valence-electron chi connectivity index (χ3n) is 6.71. The second kappa shape index (κ2) is 8.06. The van der Waals surface area contributed by atoms with E-state index in [1.807, 2.05) is 35.2 Å². The number of nitrogens with zero attached hydrogens (tertiary/aromatic N) is 5. The Bertz CT molecular complexity index is 1050. The summed E-state index contributed by atoms with van der Waals surface area (Å²) in [5.74, 6) is 1.23. The normalized spacial score (nSPS) is 17.9. The molecule has 158 valence electrons. The Labute approximate surface area is 181 Å². The number of anilines is 1. The van der Waals surface area contributed by atoms with E-state index < -0.39 is 0 Å². The number of aromatic nitrogens is 4. The molecule has 2 heterocycles. The summed E-state index contributed by atoms with van der Waals surface area (Å²) in [5, 5.41) is 18.9. The molecule has 1 saturated carbocycles. The lowest BCUT2D eigenvalue weighted by Crippen LogP contribution is -2.49. The molecule has 7 nitrogen and oxygen atoms in total. The van der Waals surface area contributed by atoms with Crippen molar-refractivity contribution >= 4 is 12.0 Å². The van der Waals surface area contributed by atoms with Crippen LogP contribution in [0.5, 0.6) is 0 Å². The van der Waals surface area contributed by atoms with Crippen molar-refractivity contribution in [3.63, 3.8) is 0 Å². The quantitative estimate of drug-likeness (QED) is 0.685. The van der Waals surface area contributed by atoms with E-state index >= 15 is 0 Å². The minimum absolute atomic E-state index is 0.133. The van der Waals surface area contributed by atoms with Gasteiger partial charge in [0.2, 0.25) is 5.82 Å². The maximum atomic E-state index is 12.6. The van der Waals surface area contributed by atoms with E-state index in [-0.39, 0.29) is 12.0 Å². The molecule has 1 aliphatic heterocycles. The zero-order valence-corrected chi connectivity index (χ0v) is 17.7. The molecule has 1 saturated heterocycles. The maximum Gasteiger partial charge on any atom is 0.324 e. The number of carbonyl (C=O) groups is 1. The molecule has 2 aliphatic rings. The van der Waals surface area contributed by atoms with Crippen molar-refractivity contribution in [2.24, 2.45) is 5.41 Å². The summed E-state index contributed by atoms with van der Waals surface area (Å²) in [6, 6.07) is 18.2. The lowest BCUT2D eigenvalue weighted by atomic mass is 9.56. The van der Waals surface area contributed by atoms with Gasteiger partial charge < -0.3 is 4.90 Å². The van der Waals surface area contributed by atoms with Crippen LogP contribution in [0, 0.1) is 12.3 Å². The topological polar surface area (TPSA) is 83.9 Å². The number of benzene rings is 2. The summed E-state index contributed by atoms with van der Waals surface area (Å²) in [6.07, 6.45) is 4.55. The van der Waals surface area contributed by atoms with Crippen molar-refractivity contribution in [3.05, 3.63) is 65.7 Å². The van der Waals surface area contributed by atoms with E-state index in [1.165, 1.54) is 24.0 Å². The number of piperidine rings is 1. The van der Waals surface area contributed by atoms with Gasteiger partial charge in [-0.05, 0) is 49.5 Å². The predicted octanol–water partition coefficient (Wildman–Crippen LogP) is 4.43. The number of urea groups is 1. The third-order valence-corrected chi connectivity index (χ3v) is 6.71. The minimum atomic E-state index is -0.180. The second-order valence-electron chi connectivity index (χ2n) is 8.85. The van der Waals surface area contributed by atoms with Crippen LogP contribution in [0.25, 0.3) is 11.4 Å². The molecule has 0 radical (unpaired) electrons. The van der Waals surface area contributed by atoms with Gasteiger partial charge in [-0.2, -0.15) is 0 Å². The molecule has 1 aliphatic carbocycles. The molecule has 1 aromatic heterocycles. The fourth-order valence-corrected chi connectivity index (χ4v) is 4.89. The van der Waals surface area contributed by atoms with Gasteiger partial charge in [-0.1, -0.05) is 60.2 Å². The number of hydrogen-bond acceptors (Lipinski definition) is 5. The van der Waals surface area contributed by atoms with E-state index in [4.69, 9.17) is 0 Å². The summed E-state index contributed by atoms with van der Waals surface area (Å²) in [4.78, 5) is 14.5. The van der Waals surface area contributed by atoms with Gasteiger partial charge in [-0.25, -0.2) is 4.79 Å². The molecule has 3 aromatic rings. The smallest absolute Gasteiger partial charge is 0.324 e. The number of rotatable bonds is 3. The largest absolute Gasteiger partial charge is 0.324 e. The van der Waals surface area contributed by atoms with Gasteiger partial charge in [0.15, 0.2) is 0 Å². The van der Waals surface area contributed by atoms with Crippen molar-refractivity contribution in [3.8, 4) is 11.4 Å². The minimum Gasteiger partial charge on any atom is -0.324 e. The monoisotopic (exact) mass is 414 g/mol. The Morgan fingerprint density at radius 1 is 0.968 bits per heavy atom. The van der Waals surface area contributed by atoms with Crippen molar-refractivity contribution in [1.82, 2.24) is 25.3 Å². The molecule has 1 N–H and O–H groups in total. The van der Waals surface area contributed by atoms with Crippen molar-refractivity contribution < 1.29 is 4.79 Å². The Morgan fingerprint density at radius 2 is 1.68 bits per heavy atom. The lowest BCUT2D eigenvalue weighted by molar-refractivity contribution is 0.0290. The molecular weight excluding hydrogens is 388 g/mol. The number of amides is 2. The highest BCUT2D eigenvalue weighted by Crippen LogP contribution is 2.56. The van der Waals surface area contributed by atoms with Gasteiger partial charge in [0.05, 0.1) is 0 Å². The highest BCUT2D eigenvalue weighted by atomic mass is 16.2. The zero-order valence-electron chi connectivity index (χ0n) is 17.7. The highest BCUT2D eigenvalue weighted by Gasteiger charge is 2.46. The SMILES string of the molecule is Cc1cccc(C2CC3(CCN(C(=O)Nc4nnc(-c5ccccc5)nn4)CC3)C2)c1. The molecule has 0 bridgehead atoms. The average molecular weight is 415 g/mol. The second-order valence-corrected chi connectivity index (χ2v) is 8.85. The van der Waals surface area contributed by atoms with Crippen LogP contribution in [0.4, 0.5) is 10.7 Å². The average Bonchev–Trinajstić information content (AvgIpc) is 2.78. The van der Waals surface area contributed by atoms with Crippen LogP contribution in [0.2, 0.25) is 0 Å². The van der Waals surface area contributed by atoms with Crippen LogP contribution in [0.3, 0.4) is 0 Å². The number of carbonyl (C=O) groups excluding carboxylic acids is 1. The summed E-state index contributed by atoms with van der Waals surface area (Å²) in [6.45, 7) is 3.67. The molecule has 2 fully saturated rings. The first kappa shape index (κ1) is 19.6. The third kappa shape index (κ3) is 4.13. The fraction of sp³-hybridized carbons (Fsp3) is 0.375. The molecule has 2 amide bonds. The van der Waals surface area contributed by atoms with E-state index in [9.17, 15) is 4.79 Å². The summed E-state index contributed by atoms with van der Waals surface area (Å²) in [5.41, 5.74) is 4.02. The summed E-state index contributed by atoms with van der Waals surface area (Å²) >= 11 is 0. The lowest BCUT2D eigenvalue weighted by Gasteiger charge is -2.52. The van der Waals surface area contributed by atoms with E-state index in [0.29, 0.717) is 17.2 Å². The molecule has 0 unspecified atom stereocenters. The number of nitrogens with one attached hydrogen (secondary N) is 1. The Morgan fingerprint density at radius 3 is 2.35 bits per heavy atom. The Balaban J connectivity index is 1.13. The molecule has 2 aromatic carbocycles. The van der Waals surface area contributed by atoms with E-state index in [1.54, 1.807) is 0 Å². The van der Waals surface area contributed by atoms with E-state index in [0.717, 1.165) is 31.5 Å². The van der Waals surface area contributed by atoms with E-state index in [2.05, 4.69) is 56.9 Å². The molecule has 31 heavy (non-hydrogen) atoms. The van der Waals surface area contributed by atoms with Gasteiger partial charge in [0.25, 0.3) is 5.95 Å². The zero-order chi connectivity index (χ0) is 21.3. The molecule has 5 rings (SSSR count). The van der Waals surface area contributed by atoms with Crippen LogP contribution >= 0.6 is 0 Å². The summed E-state index contributed by atoms with van der Waals surface area (Å²) in [7, 11) is 0. The molecular formula is C24H26N6O. The Kier molecular flexibility index (Phi) is 5.10. The van der Waals surface area contributed by atoms with Gasteiger partial charge >= 0.3 is 6.03 Å². The van der Waals surface area contributed by atoms with Gasteiger partial charge in [0, 0.05) is 18.7 Å². The van der Waals surface area contributed by atoms with Crippen LogP contribution < -0.4 is 5.32 Å². The highest BCUT2D eigenvalue weighted by molar-refractivity contribution is 5.87. The van der Waals surface area contributed by atoms with Crippen molar-refractivity contribution in [2.75, 3.05) is 18.4 Å². The Hall–Kier alpha value is -3.35. The van der Waals surface area contributed by atoms with Crippen molar-refractivity contribution in [2.45, 2.75) is 38.5 Å². The number of likely N-dealkylation sites (tertiary alicyclic amines) is 1. The van der Waals surface area contributed by atoms with Crippen LogP contribution in [-0.2, 0) is 0 Å². The summed E-state index contributed by atoms with van der Waals surface area (Å²) < 4.78 is 0. The molecule has 1 spiro atoms. The predicted molar refractivity (Wildman–Crippen MR) is 118 cm³/mol. The van der Waals surface area contributed by atoms with Crippen molar-refractivity contribution in [1.29, 1.82) is 0 Å². The van der Waals surface area contributed by atoms with Crippen LogP contribution in [-0.4, -0.2) is 44.4 Å². The van der Waals surface area contributed by atoms with Gasteiger partial charge in [0.1, 0.15) is 0 Å².